The van der Waals surface area contributed by atoms with Gasteiger partial charge in [0, 0.05) is 30.1 Å². The van der Waals surface area contributed by atoms with Crippen LogP contribution in [0.3, 0.4) is 0 Å². The summed E-state index contributed by atoms with van der Waals surface area (Å²) in [5.74, 6) is -1.70. The second-order valence-electron chi connectivity index (χ2n) is 8.88. The summed E-state index contributed by atoms with van der Waals surface area (Å²) in [5.41, 5.74) is 8.13. The molecule has 0 bridgehead atoms. The molecule has 7 nitrogen and oxygen atoms in total. The maximum absolute atomic E-state index is 13.2. The van der Waals surface area contributed by atoms with Gasteiger partial charge in [-0.1, -0.05) is 72.2 Å². The third kappa shape index (κ3) is 10.0. The van der Waals surface area contributed by atoms with Gasteiger partial charge in [0.25, 0.3) is 0 Å². The lowest BCUT2D eigenvalue weighted by Gasteiger charge is -2.27. The van der Waals surface area contributed by atoms with Gasteiger partial charge in [0.1, 0.15) is 0 Å². The van der Waals surface area contributed by atoms with E-state index in [2.05, 4.69) is 21.2 Å². The molecule has 194 valence electrons. The first-order chi connectivity index (χ1) is 16.7. The molecular formula is C26H38BrN3O4S. The van der Waals surface area contributed by atoms with Crippen LogP contribution in [-0.2, 0) is 27.8 Å². The molecule has 0 radical (unpaired) electrons. The molecule has 0 spiro atoms. The molecule has 2 aromatic carbocycles. The number of aliphatic hydroxyl groups excluding tert-OH is 1. The predicted octanol–water partition coefficient (Wildman–Crippen LogP) is 3.45. The molecule has 0 aromatic heterocycles. The first kappa shape index (κ1) is 29.5. The maximum Gasteiger partial charge on any atom is 0.224 e. The number of nitrogens with zero attached hydrogens (tertiary/aromatic N) is 1. The molecule has 0 aliphatic carbocycles. The highest BCUT2D eigenvalue weighted by Gasteiger charge is 2.32. The van der Waals surface area contributed by atoms with E-state index in [1.807, 2.05) is 68.4 Å². The van der Waals surface area contributed by atoms with Crippen molar-refractivity contribution in [3.8, 4) is 0 Å². The third-order valence-electron chi connectivity index (χ3n) is 5.81. The average molecular weight is 569 g/mol. The van der Waals surface area contributed by atoms with E-state index in [9.17, 15) is 18.3 Å². The Morgan fingerprint density at radius 1 is 1.06 bits per heavy atom. The van der Waals surface area contributed by atoms with E-state index in [1.165, 1.54) is 4.31 Å². The fraction of sp³-hybridized carbons (Fsp3) is 0.500. The van der Waals surface area contributed by atoms with Gasteiger partial charge in [0.15, 0.2) is 0 Å². The molecule has 0 heterocycles. The number of hydrogen-bond acceptors (Lipinski definition) is 5. The van der Waals surface area contributed by atoms with Crippen LogP contribution in [-0.4, -0.2) is 54.7 Å². The highest BCUT2D eigenvalue weighted by molar-refractivity contribution is 9.10. The van der Waals surface area contributed by atoms with Crippen LogP contribution in [0.4, 0.5) is 0 Å². The van der Waals surface area contributed by atoms with E-state index in [0.29, 0.717) is 32.4 Å². The van der Waals surface area contributed by atoms with Crippen molar-refractivity contribution in [2.45, 2.75) is 58.2 Å². The van der Waals surface area contributed by atoms with Gasteiger partial charge in [-0.05, 0) is 48.9 Å². The van der Waals surface area contributed by atoms with Crippen LogP contribution in [0.15, 0.2) is 59.1 Å². The Bertz CT molecular complexity index is 1010. The topological polar surface area (TPSA) is 113 Å². The Hall–Kier alpha value is -1.78. The summed E-state index contributed by atoms with van der Waals surface area (Å²) < 4.78 is 28.8. The third-order valence-corrected chi connectivity index (χ3v) is 8.28. The molecule has 2 rings (SSSR count). The number of hydrogen-bond donors (Lipinski definition) is 3. The summed E-state index contributed by atoms with van der Waals surface area (Å²) in [6, 6.07) is 16.4. The van der Waals surface area contributed by atoms with Gasteiger partial charge >= 0.3 is 0 Å². The molecule has 3 atom stereocenters. The lowest BCUT2D eigenvalue weighted by atomic mass is 9.94. The van der Waals surface area contributed by atoms with Gasteiger partial charge in [-0.2, -0.15) is 0 Å². The minimum Gasteiger partial charge on any atom is -0.391 e. The molecule has 0 fully saturated rings. The predicted molar refractivity (Wildman–Crippen MR) is 144 cm³/mol. The zero-order chi connectivity index (χ0) is 25.8. The van der Waals surface area contributed by atoms with Gasteiger partial charge in [-0.3, -0.25) is 4.79 Å². The Balaban J connectivity index is 2.16. The van der Waals surface area contributed by atoms with Crippen LogP contribution in [0.2, 0.25) is 0 Å². The van der Waals surface area contributed by atoms with Gasteiger partial charge in [-0.15, -0.1) is 0 Å². The zero-order valence-corrected chi connectivity index (χ0v) is 23.0. The molecular weight excluding hydrogens is 530 g/mol. The maximum atomic E-state index is 13.2. The lowest BCUT2D eigenvalue weighted by Crippen LogP contribution is -2.45. The van der Waals surface area contributed by atoms with Crippen molar-refractivity contribution in [2.75, 3.05) is 18.8 Å². The number of halogens is 1. The average Bonchev–Trinajstić information content (AvgIpc) is 2.82. The van der Waals surface area contributed by atoms with Crippen LogP contribution in [0.25, 0.3) is 0 Å². The Morgan fingerprint density at radius 2 is 1.69 bits per heavy atom. The molecule has 0 aliphatic rings. The molecule has 0 aliphatic heterocycles. The molecule has 35 heavy (non-hydrogen) atoms. The smallest absolute Gasteiger partial charge is 0.224 e. The summed E-state index contributed by atoms with van der Waals surface area (Å²) in [7, 11) is -3.70. The standard InChI is InChI=1S/C26H38BrN3O4S/c1-3-13-30(14-4-2)35(33,34)19-22(26(32)29-18-20-9-6-5-7-10-20)17-25(31)24(28)16-21-11-8-12-23(27)15-21/h5-12,15,22,24-25,31H,3-4,13-14,16-19,28H2,1-2H3,(H,29,32)/t22?,24-,25+/m0/s1. The van der Waals surface area contributed by atoms with Crippen molar-refractivity contribution >= 4 is 31.9 Å². The van der Waals surface area contributed by atoms with E-state index in [4.69, 9.17) is 5.73 Å². The zero-order valence-electron chi connectivity index (χ0n) is 20.6. The molecule has 1 unspecified atom stereocenters. The van der Waals surface area contributed by atoms with Crippen LogP contribution >= 0.6 is 15.9 Å². The summed E-state index contributed by atoms with van der Waals surface area (Å²) in [6.45, 7) is 4.93. The number of amides is 1. The van der Waals surface area contributed by atoms with E-state index in [-0.39, 0.29) is 18.7 Å². The van der Waals surface area contributed by atoms with E-state index < -0.39 is 34.0 Å². The van der Waals surface area contributed by atoms with Crippen LogP contribution in [0, 0.1) is 5.92 Å². The van der Waals surface area contributed by atoms with Gasteiger partial charge in [0.2, 0.25) is 15.9 Å². The van der Waals surface area contributed by atoms with Crippen molar-refractivity contribution in [3.05, 3.63) is 70.2 Å². The van der Waals surface area contributed by atoms with Gasteiger partial charge in [0.05, 0.1) is 17.8 Å². The Morgan fingerprint density at radius 3 is 2.29 bits per heavy atom. The number of benzene rings is 2. The number of nitrogens with two attached hydrogens (primary N) is 1. The largest absolute Gasteiger partial charge is 0.391 e. The summed E-state index contributed by atoms with van der Waals surface area (Å²) in [4.78, 5) is 13.1. The summed E-state index contributed by atoms with van der Waals surface area (Å²) in [6.07, 6.45) is 0.696. The Kier molecular flexibility index (Phi) is 12.4. The molecule has 0 saturated carbocycles. The number of carbonyl (C=O) groups is 1. The van der Waals surface area contributed by atoms with Crippen LogP contribution < -0.4 is 11.1 Å². The lowest BCUT2D eigenvalue weighted by molar-refractivity contribution is -0.125. The normalized spacial score (nSPS) is 14.5. The Labute approximate surface area is 218 Å². The first-order valence-electron chi connectivity index (χ1n) is 12.1. The van der Waals surface area contributed by atoms with Gasteiger partial charge < -0.3 is 16.2 Å². The van der Waals surface area contributed by atoms with E-state index in [0.717, 1.165) is 15.6 Å². The van der Waals surface area contributed by atoms with Crippen molar-refractivity contribution in [1.82, 2.24) is 9.62 Å². The number of carbonyl (C=O) groups excluding carboxylic acids is 1. The molecule has 9 heteroatoms. The second-order valence-corrected chi connectivity index (χ2v) is 11.8. The van der Waals surface area contributed by atoms with Crippen LogP contribution in [0.5, 0.6) is 0 Å². The van der Waals surface area contributed by atoms with E-state index in [1.54, 1.807) is 0 Å². The fourth-order valence-corrected chi connectivity index (χ4v) is 6.34. The number of sulfonamides is 1. The highest BCUT2D eigenvalue weighted by Crippen LogP contribution is 2.19. The van der Waals surface area contributed by atoms with Crippen molar-refractivity contribution in [1.29, 1.82) is 0 Å². The number of nitrogens with one attached hydrogen (secondary N) is 1. The number of aliphatic hydroxyl groups is 1. The van der Waals surface area contributed by atoms with Gasteiger partial charge in [-0.25, -0.2) is 12.7 Å². The van der Waals surface area contributed by atoms with E-state index >= 15 is 0 Å². The van der Waals surface area contributed by atoms with Crippen molar-refractivity contribution in [2.24, 2.45) is 11.7 Å². The molecule has 2 aromatic rings. The monoisotopic (exact) mass is 567 g/mol. The van der Waals surface area contributed by atoms with Crippen molar-refractivity contribution < 1.29 is 18.3 Å². The van der Waals surface area contributed by atoms with Crippen molar-refractivity contribution in [3.63, 3.8) is 0 Å². The summed E-state index contributed by atoms with van der Waals surface area (Å²) in [5, 5.41) is 13.7. The second kappa shape index (κ2) is 14.7. The minimum absolute atomic E-state index is 0.0406. The first-order valence-corrected chi connectivity index (χ1v) is 14.5. The van der Waals surface area contributed by atoms with Crippen LogP contribution in [0.1, 0.15) is 44.2 Å². The summed E-state index contributed by atoms with van der Waals surface area (Å²) >= 11 is 3.43. The molecule has 4 N–H and O–H groups in total. The highest BCUT2D eigenvalue weighted by atomic mass is 79.9. The SMILES string of the molecule is CCCN(CCC)S(=O)(=O)CC(C[C@@H](O)[C@@H](N)Cc1cccc(Br)c1)C(=O)NCc1ccccc1. The quantitative estimate of drug-likeness (QED) is 0.305. The number of rotatable bonds is 15. The fourth-order valence-electron chi connectivity index (χ4n) is 3.97. The molecule has 1 amide bonds. The molecule has 0 saturated heterocycles. The minimum atomic E-state index is -3.70.